The van der Waals surface area contributed by atoms with E-state index in [2.05, 4.69) is 0 Å². The van der Waals surface area contributed by atoms with Crippen LogP contribution in [-0.4, -0.2) is 11.3 Å². The summed E-state index contributed by atoms with van der Waals surface area (Å²) in [6, 6.07) is 8.05. The lowest BCUT2D eigenvalue weighted by Gasteiger charge is -2.24. The molecule has 0 bridgehead atoms. The molecule has 0 saturated carbocycles. The Morgan fingerprint density at radius 2 is 1.55 bits per heavy atom. The van der Waals surface area contributed by atoms with Crippen LogP contribution in [0.2, 0.25) is 0 Å². The minimum atomic E-state index is -5.71. The van der Waals surface area contributed by atoms with Gasteiger partial charge in [0.1, 0.15) is 0 Å². The highest BCUT2D eigenvalue weighted by Gasteiger charge is 2.59. The van der Waals surface area contributed by atoms with E-state index in [4.69, 9.17) is 0 Å². The molecule has 0 aromatic heterocycles. The summed E-state index contributed by atoms with van der Waals surface area (Å²) in [7, 11) is 0. The number of hydrogen-bond acceptors (Lipinski definition) is 1. The van der Waals surface area contributed by atoms with Gasteiger partial charge in [0.15, 0.2) is 0 Å². The van der Waals surface area contributed by atoms with Gasteiger partial charge in [-0.1, -0.05) is 36.4 Å². The fourth-order valence-corrected chi connectivity index (χ4v) is 2.17. The third-order valence-electron chi connectivity index (χ3n) is 3.08. The average Bonchev–Trinajstić information content (AvgIpc) is 2.35. The summed E-state index contributed by atoms with van der Waals surface area (Å²) in [5.41, 5.74) is -1.61. The predicted octanol–water partition coefficient (Wildman–Crippen LogP) is 4.55. The molecule has 0 spiro atoms. The van der Waals surface area contributed by atoms with Gasteiger partial charge >= 0.3 is 12.1 Å². The number of fused-ring (bicyclic) bond motifs is 1. The summed E-state index contributed by atoms with van der Waals surface area (Å²) in [6.07, 6.45) is -7.15. The molecule has 0 aliphatic rings. The second kappa shape index (κ2) is 4.70. The highest BCUT2D eigenvalue weighted by atomic mass is 19.4. The zero-order chi connectivity index (χ0) is 15.1. The van der Waals surface area contributed by atoms with Gasteiger partial charge in [-0.3, -0.25) is 0 Å². The molecule has 1 unspecified atom stereocenters. The van der Waals surface area contributed by atoms with Crippen molar-refractivity contribution in [2.24, 2.45) is 0 Å². The Labute approximate surface area is 111 Å². The topological polar surface area (TPSA) is 20.2 Å². The highest BCUT2D eigenvalue weighted by molar-refractivity contribution is 5.87. The molecule has 1 N–H and O–H groups in total. The predicted molar refractivity (Wildman–Crippen MR) is 64.5 cm³/mol. The van der Waals surface area contributed by atoms with Crippen LogP contribution in [0.3, 0.4) is 0 Å². The quantitative estimate of drug-likeness (QED) is 0.805. The zero-order valence-electron chi connectivity index (χ0n) is 10.4. The van der Waals surface area contributed by atoms with E-state index in [1.807, 2.05) is 0 Å². The van der Waals surface area contributed by atoms with Crippen LogP contribution < -0.4 is 0 Å². The number of hydrogen-bond donors (Lipinski definition) is 1. The summed E-state index contributed by atoms with van der Waals surface area (Å²) in [5, 5.41) is 10.3. The van der Waals surface area contributed by atoms with Crippen LogP contribution in [0.1, 0.15) is 24.2 Å². The molecule has 2 rings (SSSR count). The standard InChI is InChI=1S/C14H11F5O/c1-8(20)12-10-5-3-2-4-9(10)6-7-11(12)13(15,16)14(17,18)19/h2-8,20H,1H3. The van der Waals surface area contributed by atoms with Crippen molar-refractivity contribution in [3.8, 4) is 0 Å². The van der Waals surface area contributed by atoms with E-state index < -0.39 is 29.3 Å². The zero-order valence-corrected chi connectivity index (χ0v) is 10.4. The molecular formula is C14H11F5O. The molecule has 0 aliphatic heterocycles. The number of aliphatic hydroxyl groups is 1. The molecule has 0 amide bonds. The Balaban J connectivity index is 2.81. The van der Waals surface area contributed by atoms with Crippen molar-refractivity contribution in [3.63, 3.8) is 0 Å². The van der Waals surface area contributed by atoms with E-state index in [0.29, 0.717) is 5.39 Å². The van der Waals surface area contributed by atoms with E-state index in [-0.39, 0.29) is 5.39 Å². The molecule has 20 heavy (non-hydrogen) atoms. The van der Waals surface area contributed by atoms with Crippen molar-refractivity contribution >= 4 is 10.8 Å². The fourth-order valence-electron chi connectivity index (χ4n) is 2.17. The van der Waals surface area contributed by atoms with Crippen molar-refractivity contribution in [2.75, 3.05) is 0 Å². The lowest BCUT2D eigenvalue weighted by atomic mass is 9.92. The van der Waals surface area contributed by atoms with Crippen LogP contribution in [0.15, 0.2) is 36.4 Å². The van der Waals surface area contributed by atoms with Gasteiger partial charge in [-0.25, -0.2) is 0 Å². The van der Waals surface area contributed by atoms with Gasteiger partial charge < -0.3 is 5.11 Å². The van der Waals surface area contributed by atoms with E-state index in [0.717, 1.165) is 13.0 Å². The van der Waals surface area contributed by atoms with Gasteiger partial charge in [-0.05, 0) is 23.3 Å². The Morgan fingerprint density at radius 3 is 2.10 bits per heavy atom. The minimum absolute atomic E-state index is 0.184. The van der Waals surface area contributed by atoms with Crippen LogP contribution in [0.5, 0.6) is 0 Å². The Hall–Kier alpha value is -1.69. The van der Waals surface area contributed by atoms with Crippen molar-refractivity contribution in [1.82, 2.24) is 0 Å². The van der Waals surface area contributed by atoms with E-state index in [1.165, 1.54) is 18.2 Å². The SMILES string of the molecule is CC(O)c1c(C(F)(F)C(F)(F)F)ccc2ccccc12. The first-order valence-electron chi connectivity index (χ1n) is 5.81. The maximum atomic E-state index is 13.6. The summed E-state index contributed by atoms with van der Waals surface area (Å²) >= 11 is 0. The van der Waals surface area contributed by atoms with Crippen molar-refractivity contribution in [2.45, 2.75) is 25.1 Å². The molecule has 0 saturated heterocycles. The second-order valence-corrected chi connectivity index (χ2v) is 4.50. The maximum absolute atomic E-state index is 13.6. The van der Waals surface area contributed by atoms with Gasteiger partial charge in [0.2, 0.25) is 0 Å². The first-order valence-corrected chi connectivity index (χ1v) is 5.81. The third kappa shape index (κ3) is 2.24. The van der Waals surface area contributed by atoms with Crippen molar-refractivity contribution < 1.29 is 27.1 Å². The second-order valence-electron chi connectivity index (χ2n) is 4.50. The molecule has 2 aromatic rings. The van der Waals surface area contributed by atoms with E-state index >= 15 is 0 Å². The number of rotatable bonds is 2. The molecule has 0 radical (unpaired) electrons. The van der Waals surface area contributed by atoms with Crippen LogP contribution >= 0.6 is 0 Å². The van der Waals surface area contributed by atoms with Gasteiger partial charge in [-0.2, -0.15) is 22.0 Å². The minimum Gasteiger partial charge on any atom is -0.389 e. The molecular weight excluding hydrogens is 279 g/mol. The summed E-state index contributed by atoms with van der Waals surface area (Å²) < 4.78 is 64.7. The molecule has 2 aromatic carbocycles. The number of halogens is 5. The fraction of sp³-hybridized carbons (Fsp3) is 0.286. The summed E-state index contributed by atoms with van der Waals surface area (Å²) in [4.78, 5) is 0. The Morgan fingerprint density at radius 1 is 0.950 bits per heavy atom. The highest BCUT2D eigenvalue weighted by Crippen LogP contribution is 2.47. The van der Waals surface area contributed by atoms with Crippen LogP contribution in [0.25, 0.3) is 10.8 Å². The van der Waals surface area contributed by atoms with E-state index in [9.17, 15) is 27.1 Å². The molecule has 1 nitrogen and oxygen atoms in total. The first-order chi connectivity index (χ1) is 9.16. The Bertz CT molecular complexity index is 631. The van der Waals surface area contributed by atoms with Crippen LogP contribution in [-0.2, 0) is 5.92 Å². The van der Waals surface area contributed by atoms with E-state index in [1.54, 1.807) is 12.1 Å². The van der Waals surface area contributed by atoms with Gasteiger partial charge in [-0.15, -0.1) is 0 Å². The van der Waals surface area contributed by atoms with Crippen LogP contribution in [0.4, 0.5) is 22.0 Å². The molecule has 0 fully saturated rings. The average molecular weight is 290 g/mol. The lowest BCUT2D eigenvalue weighted by Crippen LogP contribution is -2.35. The molecule has 0 heterocycles. The molecule has 108 valence electrons. The van der Waals surface area contributed by atoms with Crippen molar-refractivity contribution in [3.05, 3.63) is 47.5 Å². The maximum Gasteiger partial charge on any atom is 0.458 e. The Kier molecular flexibility index (Phi) is 3.46. The smallest absolute Gasteiger partial charge is 0.389 e. The monoisotopic (exact) mass is 290 g/mol. The molecule has 1 atom stereocenters. The molecule has 6 heteroatoms. The van der Waals surface area contributed by atoms with Gasteiger partial charge in [0.05, 0.1) is 6.10 Å². The lowest BCUT2D eigenvalue weighted by molar-refractivity contribution is -0.289. The summed E-state index contributed by atoms with van der Waals surface area (Å²) in [5.74, 6) is -5.01. The summed E-state index contributed by atoms with van der Waals surface area (Å²) in [6.45, 7) is 1.16. The largest absolute Gasteiger partial charge is 0.458 e. The van der Waals surface area contributed by atoms with Crippen molar-refractivity contribution in [1.29, 1.82) is 0 Å². The number of benzene rings is 2. The normalized spacial score (nSPS) is 14.6. The molecule has 0 aliphatic carbocycles. The third-order valence-corrected chi connectivity index (χ3v) is 3.08. The number of aliphatic hydroxyl groups excluding tert-OH is 1. The number of alkyl halides is 5. The van der Waals surface area contributed by atoms with Crippen LogP contribution in [0, 0.1) is 0 Å². The van der Waals surface area contributed by atoms with Gasteiger partial charge in [0.25, 0.3) is 0 Å². The van der Waals surface area contributed by atoms with Gasteiger partial charge in [0, 0.05) is 5.56 Å². The first kappa shape index (κ1) is 14.7.